The number of phenolic OH excluding ortho intramolecular Hbond substituents is 1. The average molecular weight is 565 g/mol. The van der Waals surface area contributed by atoms with Crippen molar-refractivity contribution in [3.63, 3.8) is 0 Å². The largest absolute Gasteiger partial charge is 0.511 e. The molecule has 0 unspecified atom stereocenters. The molecule has 1 rings (SSSR count). The van der Waals surface area contributed by atoms with E-state index in [1.807, 2.05) is 6.07 Å². The molecule has 0 aliphatic heterocycles. The molecule has 0 radical (unpaired) electrons. The molecule has 232 valence electrons. The second kappa shape index (κ2) is 26.1. The van der Waals surface area contributed by atoms with Gasteiger partial charge in [0.2, 0.25) is 0 Å². The van der Waals surface area contributed by atoms with Crippen molar-refractivity contribution in [3.8, 4) is 11.5 Å². The predicted molar refractivity (Wildman–Crippen MR) is 164 cm³/mol. The van der Waals surface area contributed by atoms with Gasteiger partial charge in [0, 0.05) is 13.2 Å². The summed E-state index contributed by atoms with van der Waals surface area (Å²) < 4.78 is 17.0. The monoisotopic (exact) mass is 564 g/mol. The van der Waals surface area contributed by atoms with Gasteiger partial charge in [-0.2, -0.15) is 0 Å². The molecule has 0 amide bonds. The fourth-order valence-corrected chi connectivity index (χ4v) is 5.04. The lowest BCUT2D eigenvalue weighted by Crippen LogP contribution is -2.19. The maximum absolute atomic E-state index is 10.8. The zero-order chi connectivity index (χ0) is 29.1. The molecule has 6 nitrogen and oxygen atoms in total. The minimum atomic E-state index is -1.42. The highest BCUT2D eigenvalue weighted by atomic mass is 16.7. The van der Waals surface area contributed by atoms with Crippen molar-refractivity contribution in [1.82, 2.24) is 0 Å². The molecule has 0 aliphatic rings. The fourth-order valence-electron chi connectivity index (χ4n) is 5.04. The van der Waals surface area contributed by atoms with Crippen LogP contribution in [-0.2, 0) is 15.9 Å². The summed E-state index contributed by atoms with van der Waals surface area (Å²) in [7, 11) is 0. The number of carbonyl (C=O) groups is 1. The predicted octanol–water partition coefficient (Wildman–Crippen LogP) is 10.6. The third-order valence-corrected chi connectivity index (χ3v) is 7.52. The Bertz CT molecular complexity index is 700. The van der Waals surface area contributed by atoms with E-state index in [4.69, 9.17) is 14.6 Å². The molecular weight excluding hydrogens is 504 g/mol. The first kappa shape index (κ1) is 36.2. The number of unbranched alkanes of at least 4 members (excludes halogenated alkanes) is 17. The van der Waals surface area contributed by atoms with Gasteiger partial charge in [0.05, 0.1) is 0 Å². The Morgan fingerprint density at radius 2 is 1.15 bits per heavy atom. The van der Waals surface area contributed by atoms with Crippen LogP contribution >= 0.6 is 0 Å². The highest BCUT2D eigenvalue weighted by Crippen LogP contribution is 2.31. The van der Waals surface area contributed by atoms with Crippen LogP contribution in [0, 0.1) is 0 Å². The molecule has 0 atom stereocenters. The smallest absolute Gasteiger partial charge is 0.504 e. The van der Waals surface area contributed by atoms with E-state index in [1.165, 1.54) is 96.0 Å². The molecule has 0 aliphatic carbocycles. The third-order valence-electron chi connectivity index (χ3n) is 7.52. The molecule has 1 aromatic rings. The normalized spacial score (nSPS) is 11.4. The van der Waals surface area contributed by atoms with Crippen molar-refractivity contribution in [2.75, 3.05) is 13.2 Å². The second-order valence-corrected chi connectivity index (χ2v) is 11.2. The number of rotatable bonds is 28. The van der Waals surface area contributed by atoms with Crippen LogP contribution < -0.4 is 4.74 Å². The molecule has 0 saturated carbocycles. The Labute approximate surface area is 245 Å². The number of carboxylic acid groups (broad SMARTS) is 1. The van der Waals surface area contributed by atoms with Gasteiger partial charge < -0.3 is 24.4 Å². The van der Waals surface area contributed by atoms with Crippen molar-refractivity contribution < 1.29 is 29.2 Å². The van der Waals surface area contributed by atoms with Crippen LogP contribution in [-0.4, -0.2) is 35.9 Å². The lowest BCUT2D eigenvalue weighted by molar-refractivity contribution is -0.148. The Hall–Kier alpha value is -1.79. The van der Waals surface area contributed by atoms with Gasteiger partial charge in [-0.05, 0) is 50.2 Å². The van der Waals surface area contributed by atoms with Crippen LogP contribution in [0.15, 0.2) is 18.2 Å². The minimum Gasteiger partial charge on any atom is -0.504 e. The summed E-state index contributed by atoms with van der Waals surface area (Å²) in [5.41, 5.74) is 0.721. The molecule has 0 spiro atoms. The lowest BCUT2D eigenvalue weighted by atomic mass is 10.0. The van der Waals surface area contributed by atoms with Crippen LogP contribution in [0.2, 0.25) is 0 Å². The molecule has 0 fully saturated rings. The van der Waals surface area contributed by atoms with E-state index in [9.17, 15) is 9.90 Å². The van der Waals surface area contributed by atoms with Crippen LogP contribution in [0.5, 0.6) is 11.5 Å². The van der Waals surface area contributed by atoms with Gasteiger partial charge in [-0.1, -0.05) is 129 Å². The number of benzene rings is 1. The standard InChI is InChI=1S/C34H60O6/c1-3-5-7-9-11-13-17-21-28-38-32(39-29-22-18-14-12-10-8-6-4-2)27-20-16-15-19-24-30-25-23-26-31(33(30)35)40-34(36)37/h23,25-26,32,35H,3-22,24,27-29H2,1-2H3,(H,36,37). The maximum atomic E-state index is 10.8. The molecular formula is C34H60O6. The summed E-state index contributed by atoms with van der Waals surface area (Å²) >= 11 is 0. The number of ether oxygens (including phenoxy) is 3. The Morgan fingerprint density at radius 3 is 1.68 bits per heavy atom. The molecule has 40 heavy (non-hydrogen) atoms. The number of aryl methyl sites for hydroxylation is 1. The first-order valence-electron chi connectivity index (χ1n) is 16.5. The third kappa shape index (κ3) is 20.1. The molecule has 0 heterocycles. The fraction of sp³-hybridized carbons (Fsp3) is 0.794. The molecule has 6 heteroatoms. The van der Waals surface area contributed by atoms with Gasteiger partial charge in [-0.25, -0.2) is 4.79 Å². The maximum Gasteiger partial charge on any atom is 0.511 e. The zero-order valence-electron chi connectivity index (χ0n) is 25.8. The number of hydrogen-bond acceptors (Lipinski definition) is 5. The summed E-state index contributed by atoms with van der Waals surface area (Å²) in [5, 5.41) is 19.1. The highest BCUT2D eigenvalue weighted by molar-refractivity contribution is 5.63. The van der Waals surface area contributed by atoms with Crippen LogP contribution in [0.25, 0.3) is 0 Å². The Balaban J connectivity index is 2.27. The van der Waals surface area contributed by atoms with Crippen molar-refractivity contribution in [1.29, 1.82) is 0 Å². The zero-order valence-corrected chi connectivity index (χ0v) is 25.8. The van der Waals surface area contributed by atoms with Crippen molar-refractivity contribution in [2.45, 2.75) is 161 Å². The highest BCUT2D eigenvalue weighted by Gasteiger charge is 2.12. The van der Waals surface area contributed by atoms with Crippen molar-refractivity contribution in [2.24, 2.45) is 0 Å². The summed E-state index contributed by atoms with van der Waals surface area (Å²) in [6.07, 6.45) is 24.9. The SMILES string of the molecule is CCCCCCCCCCOC(CCCCCCc1cccc(OC(=O)O)c1O)OCCCCCCCCCC. The van der Waals surface area contributed by atoms with E-state index in [2.05, 4.69) is 18.6 Å². The van der Waals surface area contributed by atoms with Gasteiger partial charge in [-0.15, -0.1) is 0 Å². The number of aromatic hydroxyl groups is 1. The lowest BCUT2D eigenvalue weighted by Gasteiger charge is -2.19. The number of phenols is 1. The van der Waals surface area contributed by atoms with Crippen LogP contribution in [0.3, 0.4) is 0 Å². The Morgan fingerprint density at radius 1 is 0.675 bits per heavy atom. The van der Waals surface area contributed by atoms with Crippen molar-refractivity contribution in [3.05, 3.63) is 23.8 Å². The van der Waals surface area contributed by atoms with Gasteiger partial charge in [0.25, 0.3) is 0 Å². The van der Waals surface area contributed by atoms with Gasteiger partial charge in [0.1, 0.15) is 0 Å². The van der Waals surface area contributed by atoms with E-state index in [1.54, 1.807) is 6.07 Å². The molecule has 2 N–H and O–H groups in total. The second-order valence-electron chi connectivity index (χ2n) is 11.2. The quantitative estimate of drug-likeness (QED) is 0.0456. The first-order valence-corrected chi connectivity index (χ1v) is 16.5. The van der Waals surface area contributed by atoms with Crippen LogP contribution in [0.4, 0.5) is 4.79 Å². The van der Waals surface area contributed by atoms with Gasteiger partial charge in [0.15, 0.2) is 17.8 Å². The Kier molecular flexibility index (Phi) is 23.7. The molecule has 1 aromatic carbocycles. The summed E-state index contributed by atoms with van der Waals surface area (Å²) in [4.78, 5) is 10.8. The molecule has 0 bridgehead atoms. The minimum absolute atomic E-state index is 0.00451. The van der Waals surface area contributed by atoms with Crippen LogP contribution in [0.1, 0.15) is 154 Å². The summed E-state index contributed by atoms with van der Waals surface area (Å²) in [5.74, 6) is -0.0798. The van der Waals surface area contributed by atoms with E-state index >= 15 is 0 Å². The molecule has 0 aromatic heterocycles. The first-order chi connectivity index (χ1) is 19.6. The average Bonchev–Trinajstić information content (AvgIpc) is 2.94. The summed E-state index contributed by atoms with van der Waals surface area (Å²) in [6.45, 7) is 6.09. The van der Waals surface area contributed by atoms with Gasteiger partial charge in [-0.3, -0.25) is 0 Å². The van der Waals surface area contributed by atoms with Gasteiger partial charge >= 0.3 is 6.16 Å². The topological polar surface area (TPSA) is 85.2 Å². The molecule has 0 saturated heterocycles. The summed E-state index contributed by atoms with van der Waals surface area (Å²) in [6, 6.07) is 5.00. The number of hydrogen-bond donors (Lipinski definition) is 2. The van der Waals surface area contributed by atoms with E-state index in [-0.39, 0.29) is 17.8 Å². The van der Waals surface area contributed by atoms with E-state index < -0.39 is 6.16 Å². The van der Waals surface area contributed by atoms with E-state index in [0.29, 0.717) is 6.42 Å². The van der Waals surface area contributed by atoms with Crippen molar-refractivity contribution >= 4 is 6.16 Å². The van der Waals surface area contributed by atoms with E-state index in [0.717, 1.165) is 63.7 Å². The number of para-hydroxylation sites is 1.